The lowest BCUT2D eigenvalue weighted by atomic mass is 10.3. The minimum atomic E-state index is -0.620. The standard InChI is InChI=1S/C6H5N3O3.2CH4/c10-3-7-1-6(9-5-12)2-8-4-11;;/h6H,1-2H2;2*1H4. The molecular formula is C8H13N3O3. The van der Waals surface area contributed by atoms with Gasteiger partial charge in [0.1, 0.15) is 6.04 Å². The Morgan fingerprint density at radius 3 is 1.57 bits per heavy atom. The van der Waals surface area contributed by atoms with Crippen LogP contribution in [0.25, 0.3) is 0 Å². The van der Waals surface area contributed by atoms with Gasteiger partial charge >= 0.3 is 0 Å². The van der Waals surface area contributed by atoms with Gasteiger partial charge in [-0.1, -0.05) is 14.9 Å². The van der Waals surface area contributed by atoms with E-state index in [0.717, 1.165) is 0 Å². The molecule has 0 spiro atoms. The Balaban J connectivity index is -0.000000605. The van der Waals surface area contributed by atoms with Crippen LogP contribution in [0.2, 0.25) is 0 Å². The number of hydrogen-bond acceptors (Lipinski definition) is 6. The monoisotopic (exact) mass is 199 g/mol. The Kier molecular flexibility index (Phi) is 17.7. The van der Waals surface area contributed by atoms with Crippen molar-refractivity contribution in [1.82, 2.24) is 0 Å². The van der Waals surface area contributed by atoms with Gasteiger partial charge in [-0.25, -0.2) is 24.4 Å². The van der Waals surface area contributed by atoms with Gasteiger partial charge in [0.2, 0.25) is 18.2 Å². The molecule has 0 rings (SSSR count). The molecule has 0 saturated carbocycles. The molecule has 0 radical (unpaired) electrons. The van der Waals surface area contributed by atoms with Gasteiger partial charge in [-0.3, -0.25) is 0 Å². The van der Waals surface area contributed by atoms with Crippen molar-refractivity contribution in [3.05, 3.63) is 0 Å². The Morgan fingerprint density at radius 2 is 1.29 bits per heavy atom. The van der Waals surface area contributed by atoms with Gasteiger partial charge in [0.05, 0.1) is 13.1 Å². The largest absolute Gasteiger partial charge is 0.235 e. The van der Waals surface area contributed by atoms with Crippen molar-refractivity contribution in [1.29, 1.82) is 0 Å². The molecule has 0 aromatic carbocycles. The average molecular weight is 199 g/mol. The highest BCUT2D eigenvalue weighted by Crippen LogP contribution is 1.90. The molecule has 0 heterocycles. The highest BCUT2D eigenvalue weighted by atomic mass is 16.1. The molecule has 0 amide bonds. The zero-order valence-electron chi connectivity index (χ0n) is 6.06. The molecule has 0 aromatic heterocycles. The molecule has 0 aliphatic heterocycles. The first-order chi connectivity index (χ1) is 5.85. The van der Waals surface area contributed by atoms with Gasteiger partial charge in [-0.05, 0) is 0 Å². The Morgan fingerprint density at radius 1 is 0.857 bits per heavy atom. The third-order valence-corrected chi connectivity index (χ3v) is 0.968. The topological polar surface area (TPSA) is 88.3 Å². The number of rotatable bonds is 5. The van der Waals surface area contributed by atoms with Crippen LogP contribution in [0.5, 0.6) is 0 Å². The molecule has 0 aliphatic carbocycles. The summed E-state index contributed by atoms with van der Waals surface area (Å²) in [5.41, 5.74) is 0. The fourth-order valence-electron chi connectivity index (χ4n) is 0.499. The highest BCUT2D eigenvalue weighted by Gasteiger charge is 2.03. The van der Waals surface area contributed by atoms with E-state index >= 15 is 0 Å². The van der Waals surface area contributed by atoms with Crippen LogP contribution >= 0.6 is 0 Å². The molecule has 0 aromatic rings. The minimum Gasteiger partial charge on any atom is -0.211 e. The Hall–Kier alpha value is -1.86. The molecule has 0 N–H and O–H groups in total. The highest BCUT2D eigenvalue weighted by molar-refractivity contribution is 5.36. The Bertz CT molecular complexity index is 252. The molecule has 0 bridgehead atoms. The molecule has 0 aliphatic rings. The van der Waals surface area contributed by atoms with Gasteiger partial charge in [0, 0.05) is 0 Å². The molecule has 0 unspecified atom stereocenters. The number of isocyanates is 3. The van der Waals surface area contributed by atoms with Crippen molar-refractivity contribution < 1.29 is 14.4 Å². The van der Waals surface area contributed by atoms with Crippen LogP contribution in [0.1, 0.15) is 14.9 Å². The van der Waals surface area contributed by atoms with Gasteiger partial charge in [-0.15, -0.1) is 0 Å². The van der Waals surface area contributed by atoms with Crippen molar-refractivity contribution in [2.24, 2.45) is 15.0 Å². The van der Waals surface area contributed by atoms with Gasteiger partial charge in [0.15, 0.2) is 0 Å². The zero-order chi connectivity index (χ0) is 9.23. The van der Waals surface area contributed by atoms with Crippen molar-refractivity contribution in [2.45, 2.75) is 20.9 Å². The van der Waals surface area contributed by atoms with Gasteiger partial charge < -0.3 is 0 Å². The maximum absolute atomic E-state index is 9.77. The minimum absolute atomic E-state index is 0. The van der Waals surface area contributed by atoms with E-state index in [1.54, 1.807) is 0 Å². The lowest BCUT2D eigenvalue weighted by Gasteiger charge is -1.98. The number of aliphatic imine (C=N–C) groups is 3. The van der Waals surface area contributed by atoms with Crippen molar-refractivity contribution in [2.75, 3.05) is 13.1 Å². The number of nitrogens with zero attached hydrogens (tertiary/aromatic N) is 3. The van der Waals surface area contributed by atoms with E-state index in [4.69, 9.17) is 0 Å². The number of carbonyl (C=O) groups excluding carboxylic acids is 3. The summed E-state index contributed by atoms with van der Waals surface area (Å²) in [4.78, 5) is 38.7. The lowest BCUT2D eigenvalue weighted by molar-refractivity contribution is 0.548. The van der Waals surface area contributed by atoms with E-state index in [1.165, 1.54) is 18.2 Å². The van der Waals surface area contributed by atoms with Crippen LogP contribution in [-0.4, -0.2) is 37.4 Å². The zero-order valence-corrected chi connectivity index (χ0v) is 6.06. The second-order valence-corrected chi connectivity index (χ2v) is 1.74. The molecule has 14 heavy (non-hydrogen) atoms. The van der Waals surface area contributed by atoms with Gasteiger partial charge in [0.25, 0.3) is 0 Å². The van der Waals surface area contributed by atoms with Crippen LogP contribution < -0.4 is 0 Å². The first kappa shape index (κ1) is 18.0. The lowest BCUT2D eigenvalue weighted by Crippen LogP contribution is -2.12. The van der Waals surface area contributed by atoms with Crippen LogP contribution in [-0.2, 0) is 14.4 Å². The predicted molar refractivity (Wildman–Crippen MR) is 51.3 cm³/mol. The second kappa shape index (κ2) is 13.7. The van der Waals surface area contributed by atoms with Crippen molar-refractivity contribution in [3.8, 4) is 0 Å². The molecule has 6 heteroatoms. The van der Waals surface area contributed by atoms with E-state index in [-0.39, 0.29) is 27.9 Å². The van der Waals surface area contributed by atoms with E-state index in [0.29, 0.717) is 0 Å². The fraction of sp³-hybridized carbons (Fsp3) is 0.625. The summed E-state index contributed by atoms with van der Waals surface area (Å²) in [5.74, 6) is 0. The maximum Gasteiger partial charge on any atom is 0.235 e. The Labute approximate surface area is 82.5 Å². The summed E-state index contributed by atoms with van der Waals surface area (Å²) in [5, 5.41) is 0. The quantitative estimate of drug-likeness (QED) is 0.480. The SMILES string of the molecule is C.C.O=C=NCC(CN=C=O)N=C=O. The van der Waals surface area contributed by atoms with Crippen LogP contribution in [0.4, 0.5) is 0 Å². The predicted octanol–water partition coefficient (Wildman–Crippen LogP) is 0.635. The molecule has 0 fully saturated rings. The average Bonchev–Trinajstić information content (AvgIpc) is 2.10. The molecule has 78 valence electrons. The van der Waals surface area contributed by atoms with E-state index in [9.17, 15) is 14.4 Å². The van der Waals surface area contributed by atoms with E-state index in [2.05, 4.69) is 15.0 Å². The third kappa shape index (κ3) is 10.1. The number of hydrogen-bond donors (Lipinski definition) is 0. The van der Waals surface area contributed by atoms with Crippen molar-refractivity contribution in [3.63, 3.8) is 0 Å². The second-order valence-electron chi connectivity index (χ2n) is 1.74. The van der Waals surface area contributed by atoms with Crippen LogP contribution in [0.15, 0.2) is 15.0 Å². The van der Waals surface area contributed by atoms with Crippen LogP contribution in [0.3, 0.4) is 0 Å². The molecular weight excluding hydrogens is 186 g/mol. The van der Waals surface area contributed by atoms with Crippen LogP contribution in [0, 0.1) is 0 Å². The molecule has 6 nitrogen and oxygen atoms in total. The first-order valence-corrected chi connectivity index (χ1v) is 2.99. The first-order valence-electron chi connectivity index (χ1n) is 2.99. The summed E-state index contributed by atoms with van der Waals surface area (Å²) in [7, 11) is 0. The molecule has 0 atom stereocenters. The van der Waals surface area contributed by atoms with E-state index < -0.39 is 6.04 Å². The molecule has 0 saturated heterocycles. The maximum atomic E-state index is 9.77. The normalized spacial score (nSPS) is 8.57. The van der Waals surface area contributed by atoms with Gasteiger partial charge in [-0.2, -0.15) is 4.99 Å². The fourth-order valence-corrected chi connectivity index (χ4v) is 0.499. The summed E-state index contributed by atoms with van der Waals surface area (Å²) in [6, 6.07) is -0.620. The van der Waals surface area contributed by atoms with Crippen molar-refractivity contribution >= 4 is 18.2 Å². The summed E-state index contributed by atoms with van der Waals surface area (Å²) in [6.07, 6.45) is 3.84. The summed E-state index contributed by atoms with van der Waals surface area (Å²) < 4.78 is 0. The summed E-state index contributed by atoms with van der Waals surface area (Å²) >= 11 is 0. The summed E-state index contributed by atoms with van der Waals surface area (Å²) in [6.45, 7) is -0.0478. The third-order valence-electron chi connectivity index (χ3n) is 0.968. The van der Waals surface area contributed by atoms with E-state index in [1.807, 2.05) is 0 Å². The smallest absolute Gasteiger partial charge is 0.211 e.